The summed E-state index contributed by atoms with van der Waals surface area (Å²) in [5, 5.41) is 0.574. The monoisotopic (exact) mass is 345 g/mol. The van der Waals surface area contributed by atoms with E-state index in [0.29, 0.717) is 10.6 Å². The molecular weight excluding hydrogens is 333 g/mol. The van der Waals surface area contributed by atoms with Crippen LogP contribution in [0.5, 0.6) is 0 Å². The van der Waals surface area contributed by atoms with Crippen molar-refractivity contribution in [2.75, 3.05) is 5.73 Å². The summed E-state index contributed by atoms with van der Waals surface area (Å²) in [6, 6.07) is 7.77. The van der Waals surface area contributed by atoms with Crippen molar-refractivity contribution in [1.82, 2.24) is 9.71 Å². The van der Waals surface area contributed by atoms with Crippen molar-refractivity contribution in [3.05, 3.63) is 52.1 Å². The molecule has 0 fully saturated rings. The SMILES string of the molecule is CC(NS(=O)(=O)c1cnc(N)c(Cl)c1)c1ccccc1Cl. The van der Waals surface area contributed by atoms with Crippen molar-refractivity contribution in [1.29, 1.82) is 0 Å². The van der Waals surface area contributed by atoms with E-state index >= 15 is 0 Å². The maximum atomic E-state index is 12.3. The number of nitrogens with one attached hydrogen (secondary N) is 1. The molecule has 1 unspecified atom stereocenters. The highest BCUT2D eigenvalue weighted by molar-refractivity contribution is 7.89. The first-order valence-corrected chi connectivity index (χ1v) is 8.23. The topological polar surface area (TPSA) is 85.1 Å². The van der Waals surface area contributed by atoms with E-state index in [1.807, 2.05) is 0 Å². The fraction of sp³-hybridized carbons (Fsp3) is 0.154. The van der Waals surface area contributed by atoms with E-state index in [1.54, 1.807) is 31.2 Å². The van der Waals surface area contributed by atoms with Gasteiger partial charge in [-0.05, 0) is 24.6 Å². The first-order valence-electron chi connectivity index (χ1n) is 5.99. The molecule has 2 rings (SSSR count). The second-order valence-corrected chi connectivity index (χ2v) is 6.93. The molecule has 0 bridgehead atoms. The second kappa shape index (κ2) is 6.19. The number of sulfonamides is 1. The number of hydrogen-bond donors (Lipinski definition) is 2. The van der Waals surface area contributed by atoms with E-state index in [0.717, 1.165) is 6.20 Å². The molecule has 0 spiro atoms. The molecule has 2 aromatic rings. The van der Waals surface area contributed by atoms with Gasteiger partial charge in [-0.25, -0.2) is 18.1 Å². The summed E-state index contributed by atoms with van der Waals surface area (Å²) in [5.74, 6) is 0.0785. The quantitative estimate of drug-likeness (QED) is 0.891. The minimum atomic E-state index is -3.77. The molecule has 0 saturated heterocycles. The van der Waals surface area contributed by atoms with Crippen molar-refractivity contribution in [3.63, 3.8) is 0 Å². The smallest absolute Gasteiger partial charge is 0.242 e. The van der Waals surface area contributed by atoms with Crippen LogP contribution in [0.2, 0.25) is 10.0 Å². The normalized spacial score (nSPS) is 13.1. The Hall–Kier alpha value is -1.34. The molecule has 0 saturated carbocycles. The first kappa shape index (κ1) is 16.0. The van der Waals surface area contributed by atoms with Crippen LogP contribution < -0.4 is 10.5 Å². The fourth-order valence-electron chi connectivity index (χ4n) is 1.77. The molecule has 0 aliphatic carbocycles. The van der Waals surface area contributed by atoms with Crippen molar-refractivity contribution >= 4 is 39.0 Å². The van der Waals surface area contributed by atoms with Crippen molar-refractivity contribution < 1.29 is 8.42 Å². The zero-order chi connectivity index (χ0) is 15.6. The number of nitrogens with zero attached hydrogens (tertiary/aromatic N) is 1. The Morgan fingerprint density at radius 3 is 2.52 bits per heavy atom. The van der Waals surface area contributed by atoms with E-state index in [2.05, 4.69) is 9.71 Å². The van der Waals surface area contributed by atoms with E-state index < -0.39 is 16.1 Å². The third-order valence-corrected chi connectivity index (χ3v) is 5.01. The lowest BCUT2D eigenvalue weighted by Gasteiger charge is -2.16. The van der Waals surface area contributed by atoms with E-state index in [1.165, 1.54) is 6.07 Å². The summed E-state index contributed by atoms with van der Waals surface area (Å²) in [6.45, 7) is 1.70. The molecule has 1 aromatic heterocycles. The molecule has 1 heterocycles. The molecule has 21 heavy (non-hydrogen) atoms. The number of rotatable bonds is 4. The predicted octanol–water partition coefficient (Wildman–Crippen LogP) is 3.01. The van der Waals surface area contributed by atoms with Gasteiger partial charge in [0.15, 0.2) is 0 Å². The maximum absolute atomic E-state index is 12.3. The van der Waals surface area contributed by atoms with Crippen LogP contribution in [0.3, 0.4) is 0 Å². The van der Waals surface area contributed by atoms with Gasteiger partial charge < -0.3 is 5.73 Å². The zero-order valence-corrected chi connectivity index (χ0v) is 13.4. The largest absolute Gasteiger partial charge is 0.382 e. The van der Waals surface area contributed by atoms with Crippen LogP contribution in [0.25, 0.3) is 0 Å². The van der Waals surface area contributed by atoms with Crippen LogP contribution in [0.15, 0.2) is 41.4 Å². The van der Waals surface area contributed by atoms with Crippen molar-refractivity contribution in [2.45, 2.75) is 17.9 Å². The summed E-state index contributed by atoms with van der Waals surface area (Å²) in [4.78, 5) is 3.69. The van der Waals surface area contributed by atoms with Gasteiger partial charge in [0, 0.05) is 17.3 Å². The molecule has 112 valence electrons. The van der Waals surface area contributed by atoms with Crippen molar-refractivity contribution in [2.24, 2.45) is 0 Å². The van der Waals surface area contributed by atoms with Crippen molar-refractivity contribution in [3.8, 4) is 0 Å². The molecule has 0 aliphatic rings. The Morgan fingerprint density at radius 1 is 1.24 bits per heavy atom. The van der Waals surface area contributed by atoms with E-state index in [9.17, 15) is 8.42 Å². The van der Waals surface area contributed by atoms with Gasteiger partial charge in [0.1, 0.15) is 10.7 Å². The first-order chi connectivity index (χ1) is 9.81. The Balaban J connectivity index is 2.29. The van der Waals surface area contributed by atoms with Gasteiger partial charge in [-0.15, -0.1) is 0 Å². The number of halogens is 2. The highest BCUT2D eigenvalue weighted by Gasteiger charge is 2.20. The molecular formula is C13H13Cl2N3O2S. The molecule has 5 nitrogen and oxygen atoms in total. The van der Waals surface area contributed by atoms with Crippen LogP contribution >= 0.6 is 23.2 Å². The second-order valence-electron chi connectivity index (χ2n) is 4.40. The van der Waals surface area contributed by atoms with Crippen LogP contribution in [0.1, 0.15) is 18.5 Å². The fourth-order valence-corrected chi connectivity index (χ4v) is 3.49. The lowest BCUT2D eigenvalue weighted by Crippen LogP contribution is -2.27. The summed E-state index contributed by atoms with van der Waals surface area (Å²) in [6.07, 6.45) is 1.16. The number of anilines is 1. The van der Waals surface area contributed by atoms with Crippen LogP contribution in [-0.2, 0) is 10.0 Å². The van der Waals surface area contributed by atoms with Gasteiger partial charge in [-0.1, -0.05) is 41.4 Å². The number of aromatic nitrogens is 1. The lowest BCUT2D eigenvalue weighted by atomic mass is 10.1. The Labute approximate surface area is 133 Å². The third kappa shape index (κ3) is 3.65. The molecule has 1 aromatic carbocycles. The third-order valence-electron chi connectivity index (χ3n) is 2.86. The van der Waals surface area contributed by atoms with E-state index in [4.69, 9.17) is 28.9 Å². The highest BCUT2D eigenvalue weighted by Crippen LogP contribution is 2.25. The van der Waals surface area contributed by atoms with E-state index in [-0.39, 0.29) is 15.7 Å². The minimum absolute atomic E-state index is 0.0550. The molecule has 8 heteroatoms. The van der Waals surface area contributed by atoms with Crippen LogP contribution in [0, 0.1) is 0 Å². The minimum Gasteiger partial charge on any atom is -0.382 e. The van der Waals surface area contributed by atoms with Gasteiger partial charge in [-0.3, -0.25) is 0 Å². The molecule has 0 radical (unpaired) electrons. The maximum Gasteiger partial charge on any atom is 0.242 e. The highest BCUT2D eigenvalue weighted by atomic mass is 35.5. The number of nitrogen functional groups attached to an aromatic ring is 1. The average molecular weight is 346 g/mol. The zero-order valence-electron chi connectivity index (χ0n) is 11.0. The summed E-state index contributed by atoms with van der Waals surface area (Å²) in [7, 11) is -3.77. The summed E-state index contributed by atoms with van der Waals surface area (Å²) in [5.41, 5.74) is 6.15. The Morgan fingerprint density at radius 2 is 1.90 bits per heavy atom. The predicted molar refractivity (Wildman–Crippen MR) is 83.8 cm³/mol. The van der Waals surface area contributed by atoms with Gasteiger partial charge in [0.25, 0.3) is 0 Å². The standard InChI is InChI=1S/C13H13Cl2N3O2S/c1-8(10-4-2-3-5-11(10)14)18-21(19,20)9-6-12(15)13(16)17-7-9/h2-8,18H,1H3,(H2,16,17). The Bertz CT molecular complexity index is 766. The van der Waals surface area contributed by atoms with Crippen LogP contribution in [-0.4, -0.2) is 13.4 Å². The molecule has 1 atom stereocenters. The van der Waals surface area contributed by atoms with Gasteiger partial charge >= 0.3 is 0 Å². The number of benzene rings is 1. The van der Waals surface area contributed by atoms with Crippen LogP contribution in [0.4, 0.5) is 5.82 Å². The summed E-state index contributed by atoms with van der Waals surface area (Å²) >= 11 is 11.9. The number of hydrogen-bond acceptors (Lipinski definition) is 4. The lowest BCUT2D eigenvalue weighted by molar-refractivity contribution is 0.566. The van der Waals surface area contributed by atoms with Gasteiger partial charge in [0.05, 0.1) is 5.02 Å². The molecule has 3 N–H and O–H groups in total. The Kier molecular flexibility index (Phi) is 4.73. The number of pyridine rings is 1. The number of nitrogens with two attached hydrogens (primary N) is 1. The van der Waals surface area contributed by atoms with Gasteiger partial charge in [-0.2, -0.15) is 0 Å². The average Bonchev–Trinajstić information content (AvgIpc) is 2.41. The summed E-state index contributed by atoms with van der Waals surface area (Å²) < 4.78 is 27.1. The van der Waals surface area contributed by atoms with Gasteiger partial charge in [0.2, 0.25) is 10.0 Å². The molecule has 0 amide bonds. The molecule has 0 aliphatic heterocycles.